The molecule has 1 aromatic rings. The third kappa shape index (κ3) is 2.84. The zero-order valence-electron chi connectivity index (χ0n) is 9.74. The van der Waals surface area contributed by atoms with Crippen molar-refractivity contribution in [2.24, 2.45) is 0 Å². The molecule has 0 atom stereocenters. The molecule has 5 heteroatoms. The van der Waals surface area contributed by atoms with Crippen LogP contribution in [0.3, 0.4) is 0 Å². The molecule has 0 unspecified atom stereocenters. The minimum absolute atomic E-state index is 0.118. The van der Waals surface area contributed by atoms with Gasteiger partial charge in [-0.2, -0.15) is 0 Å². The molecule has 0 bridgehead atoms. The Labute approximate surface area is 101 Å². The molecule has 0 saturated heterocycles. The van der Waals surface area contributed by atoms with Gasteiger partial charge in [0, 0.05) is 5.54 Å². The number of halogens is 1. The van der Waals surface area contributed by atoms with E-state index in [2.05, 4.69) is 4.72 Å². The maximum Gasteiger partial charge on any atom is 0.241 e. The van der Waals surface area contributed by atoms with E-state index in [9.17, 15) is 12.8 Å². The molecule has 0 radical (unpaired) electrons. The van der Waals surface area contributed by atoms with Crippen molar-refractivity contribution in [2.45, 2.75) is 43.0 Å². The second-order valence-corrected chi connectivity index (χ2v) is 6.51. The van der Waals surface area contributed by atoms with Crippen LogP contribution in [-0.2, 0) is 10.0 Å². The lowest BCUT2D eigenvalue weighted by Gasteiger charge is -2.24. The number of rotatable bonds is 3. The van der Waals surface area contributed by atoms with Gasteiger partial charge in [0.1, 0.15) is 5.82 Å². The van der Waals surface area contributed by atoms with Crippen LogP contribution < -0.4 is 4.72 Å². The second-order valence-electron chi connectivity index (χ2n) is 4.83. The largest absolute Gasteiger partial charge is 0.241 e. The Hall–Kier alpha value is -0.940. The van der Waals surface area contributed by atoms with E-state index in [0.29, 0.717) is 0 Å². The summed E-state index contributed by atoms with van der Waals surface area (Å²) in [6, 6.07) is 4.89. The van der Waals surface area contributed by atoms with Gasteiger partial charge in [0.25, 0.3) is 0 Å². The van der Waals surface area contributed by atoms with E-state index in [-0.39, 0.29) is 10.4 Å². The standard InChI is InChI=1S/C12H16FNO2S/c1-12(8-2-3-9-12)14-17(15,16)11-6-4-10(13)5-7-11/h4-7,14H,2-3,8-9H2,1H3. The summed E-state index contributed by atoms with van der Waals surface area (Å²) in [5.74, 6) is -0.434. The Morgan fingerprint density at radius 1 is 1.18 bits per heavy atom. The van der Waals surface area contributed by atoms with Gasteiger partial charge in [-0.3, -0.25) is 0 Å². The van der Waals surface area contributed by atoms with Crippen molar-refractivity contribution in [2.75, 3.05) is 0 Å². The smallest absolute Gasteiger partial charge is 0.207 e. The predicted molar refractivity (Wildman–Crippen MR) is 63.6 cm³/mol. The first-order valence-electron chi connectivity index (χ1n) is 5.71. The summed E-state index contributed by atoms with van der Waals surface area (Å²) >= 11 is 0. The molecular formula is C12H16FNO2S. The summed E-state index contributed by atoms with van der Waals surface area (Å²) in [7, 11) is -3.54. The average Bonchev–Trinajstić information content (AvgIpc) is 2.64. The van der Waals surface area contributed by atoms with Crippen LogP contribution in [0.5, 0.6) is 0 Å². The van der Waals surface area contributed by atoms with Crippen LogP contribution in [0.4, 0.5) is 4.39 Å². The molecule has 1 fully saturated rings. The third-order valence-electron chi connectivity index (χ3n) is 3.21. The van der Waals surface area contributed by atoms with Gasteiger partial charge in [-0.1, -0.05) is 12.8 Å². The average molecular weight is 257 g/mol. The molecule has 0 aromatic heterocycles. The van der Waals surface area contributed by atoms with Crippen molar-refractivity contribution < 1.29 is 12.8 Å². The molecule has 1 aliphatic rings. The fourth-order valence-electron chi connectivity index (χ4n) is 2.25. The van der Waals surface area contributed by atoms with E-state index in [1.165, 1.54) is 12.1 Å². The lowest BCUT2D eigenvalue weighted by Crippen LogP contribution is -2.43. The Balaban J connectivity index is 2.22. The topological polar surface area (TPSA) is 46.2 Å². The molecule has 1 aliphatic carbocycles. The van der Waals surface area contributed by atoms with E-state index >= 15 is 0 Å². The van der Waals surface area contributed by atoms with Gasteiger partial charge in [0.15, 0.2) is 0 Å². The Morgan fingerprint density at radius 3 is 2.24 bits per heavy atom. The summed E-state index contributed by atoms with van der Waals surface area (Å²) < 4.78 is 39.6. The molecule has 1 N–H and O–H groups in total. The molecule has 1 aromatic carbocycles. The van der Waals surface area contributed by atoms with Crippen LogP contribution in [0.25, 0.3) is 0 Å². The summed E-state index contributed by atoms with van der Waals surface area (Å²) in [4.78, 5) is 0.118. The predicted octanol–water partition coefficient (Wildman–Crippen LogP) is 2.44. The van der Waals surface area contributed by atoms with Crippen LogP contribution in [0.15, 0.2) is 29.2 Å². The van der Waals surface area contributed by atoms with Crippen LogP contribution >= 0.6 is 0 Å². The normalized spacial score (nSPS) is 19.4. The molecule has 0 heterocycles. The van der Waals surface area contributed by atoms with Crippen LogP contribution in [0, 0.1) is 5.82 Å². The SMILES string of the molecule is CC1(NS(=O)(=O)c2ccc(F)cc2)CCCC1. The van der Waals surface area contributed by atoms with Gasteiger partial charge < -0.3 is 0 Å². The molecule has 0 amide bonds. The van der Waals surface area contributed by atoms with Crippen LogP contribution in [-0.4, -0.2) is 14.0 Å². The van der Waals surface area contributed by atoms with E-state index in [1.807, 2.05) is 6.92 Å². The van der Waals surface area contributed by atoms with Gasteiger partial charge in [-0.05, 0) is 44.0 Å². The van der Waals surface area contributed by atoms with Crippen LogP contribution in [0.1, 0.15) is 32.6 Å². The summed E-state index contributed by atoms with van der Waals surface area (Å²) in [5.41, 5.74) is -0.354. The zero-order valence-corrected chi connectivity index (χ0v) is 10.6. The number of hydrogen-bond acceptors (Lipinski definition) is 2. The molecule has 1 saturated carbocycles. The minimum atomic E-state index is -3.54. The first kappa shape index (κ1) is 12.5. The van der Waals surface area contributed by atoms with E-state index in [0.717, 1.165) is 37.8 Å². The maximum atomic E-state index is 12.7. The van der Waals surface area contributed by atoms with Gasteiger partial charge in [0.2, 0.25) is 10.0 Å². The second kappa shape index (κ2) is 4.38. The molecular weight excluding hydrogens is 241 g/mol. The summed E-state index contributed by atoms with van der Waals surface area (Å²) in [6.07, 6.45) is 3.80. The van der Waals surface area contributed by atoms with Gasteiger partial charge in [-0.15, -0.1) is 0 Å². The van der Waals surface area contributed by atoms with Gasteiger partial charge in [0.05, 0.1) is 4.90 Å². The van der Waals surface area contributed by atoms with Gasteiger partial charge >= 0.3 is 0 Å². The highest BCUT2D eigenvalue weighted by Crippen LogP contribution is 2.30. The highest BCUT2D eigenvalue weighted by Gasteiger charge is 2.33. The zero-order chi connectivity index (χ0) is 12.5. The molecule has 0 spiro atoms. The van der Waals surface area contributed by atoms with Crippen molar-refractivity contribution in [3.8, 4) is 0 Å². The van der Waals surface area contributed by atoms with Gasteiger partial charge in [-0.25, -0.2) is 17.5 Å². The Bertz CT molecular complexity index is 490. The molecule has 3 nitrogen and oxygen atoms in total. The number of nitrogens with one attached hydrogen (secondary N) is 1. The summed E-state index contributed by atoms with van der Waals surface area (Å²) in [6.45, 7) is 1.92. The van der Waals surface area contributed by atoms with Crippen LogP contribution in [0.2, 0.25) is 0 Å². The molecule has 17 heavy (non-hydrogen) atoms. The number of sulfonamides is 1. The molecule has 94 valence electrons. The quantitative estimate of drug-likeness (QED) is 0.904. The molecule has 2 rings (SSSR count). The monoisotopic (exact) mass is 257 g/mol. The van der Waals surface area contributed by atoms with E-state index < -0.39 is 15.8 Å². The van der Waals surface area contributed by atoms with E-state index in [1.54, 1.807) is 0 Å². The summed E-state index contributed by atoms with van der Waals surface area (Å²) in [5, 5.41) is 0. The molecule has 0 aliphatic heterocycles. The lowest BCUT2D eigenvalue weighted by atomic mass is 10.0. The Kier molecular flexibility index (Phi) is 3.23. The fourth-order valence-corrected chi connectivity index (χ4v) is 3.72. The van der Waals surface area contributed by atoms with Crippen molar-refractivity contribution in [1.82, 2.24) is 4.72 Å². The number of benzene rings is 1. The third-order valence-corrected chi connectivity index (χ3v) is 4.87. The van der Waals surface area contributed by atoms with Crippen molar-refractivity contribution in [3.63, 3.8) is 0 Å². The minimum Gasteiger partial charge on any atom is -0.207 e. The van der Waals surface area contributed by atoms with Crippen molar-refractivity contribution in [3.05, 3.63) is 30.1 Å². The highest BCUT2D eigenvalue weighted by molar-refractivity contribution is 7.89. The highest BCUT2D eigenvalue weighted by atomic mass is 32.2. The number of hydrogen-bond donors (Lipinski definition) is 1. The first-order chi connectivity index (χ1) is 7.91. The lowest BCUT2D eigenvalue weighted by molar-refractivity contribution is 0.427. The maximum absolute atomic E-state index is 12.7. The van der Waals surface area contributed by atoms with Crippen molar-refractivity contribution >= 4 is 10.0 Å². The first-order valence-corrected chi connectivity index (χ1v) is 7.19. The Morgan fingerprint density at radius 2 is 1.71 bits per heavy atom. The van der Waals surface area contributed by atoms with Crippen molar-refractivity contribution in [1.29, 1.82) is 0 Å². The van der Waals surface area contributed by atoms with E-state index in [4.69, 9.17) is 0 Å². The fraction of sp³-hybridized carbons (Fsp3) is 0.500.